The third-order valence-corrected chi connectivity index (χ3v) is 7.61. The molecule has 0 N–H and O–H groups in total. The monoisotopic (exact) mass is 196 g/mol. The predicted octanol–water partition coefficient (Wildman–Crippen LogP) is 3.27. The van der Waals surface area contributed by atoms with E-state index in [-0.39, 0.29) is 0 Å². The minimum Gasteiger partial charge on any atom is -0.154 e. The largest absolute Gasteiger partial charge is 0.154 e. The molecule has 13 heavy (non-hydrogen) atoms. The fourth-order valence-electron chi connectivity index (χ4n) is 4.58. The Morgan fingerprint density at radius 3 is 1.23 bits per heavy atom. The molecule has 4 heterocycles. The van der Waals surface area contributed by atoms with Gasteiger partial charge in [-0.2, -0.15) is 11.8 Å². The number of thioether (sulfide) groups is 1. The highest BCUT2D eigenvalue weighted by Gasteiger charge is 2.63. The first-order valence-corrected chi connectivity index (χ1v) is 6.72. The van der Waals surface area contributed by atoms with Crippen LogP contribution in [0, 0.1) is 35.5 Å². The van der Waals surface area contributed by atoms with Crippen LogP contribution in [-0.4, -0.2) is 10.5 Å². The van der Waals surface area contributed by atoms with Gasteiger partial charge in [-0.3, -0.25) is 0 Å². The van der Waals surface area contributed by atoms with Crippen LogP contribution < -0.4 is 0 Å². The summed E-state index contributed by atoms with van der Waals surface area (Å²) < 4.78 is 0. The van der Waals surface area contributed by atoms with Crippen molar-refractivity contribution in [1.82, 2.24) is 0 Å². The molecule has 4 atom stereocenters. The lowest BCUT2D eigenvalue weighted by atomic mass is 9.50. The van der Waals surface area contributed by atoms with Gasteiger partial charge in [-0.05, 0) is 35.5 Å². The van der Waals surface area contributed by atoms with Crippen LogP contribution in [0.3, 0.4) is 0 Å². The quantitative estimate of drug-likeness (QED) is 0.573. The first kappa shape index (κ1) is 8.64. The van der Waals surface area contributed by atoms with Gasteiger partial charge in [0, 0.05) is 10.5 Å². The Morgan fingerprint density at radius 1 is 0.615 bits per heavy atom. The summed E-state index contributed by atoms with van der Waals surface area (Å²) in [5.41, 5.74) is 0. The fraction of sp³-hybridized carbons (Fsp3) is 1.00. The molecule has 4 unspecified atom stereocenters. The van der Waals surface area contributed by atoms with Crippen LogP contribution in [0.5, 0.6) is 0 Å². The van der Waals surface area contributed by atoms with E-state index in [4.69, 9.17) is 0 Å². The Hall–Kier alpha value is 0.350. The number of rotatable bonds is 0. The minimum absolute atomic E-state index is 1.01. The van der Waals surface area contributed by atoms with Crippen molar-refractivity contribution >= 4 is 11.8 Å². The second-order valence-electron chi connectivity index (χ2n) is 5.66. The van der Waals surface area contributed by atoms with Crippen LogP contribution >= 0.6 is 11.8 Å². The van der Waals surface area contributed by atoms with E-state index in [0.717, 1.165) is 46.0 Å². The van der Waals surface area contributed by atoms with Gasteiger partial charge >= 0.3 is 0 Å². The highest BCUT2D eigenvalue weighted by atomic mass is 32.2. The Kier molecular flexibility index (Phi) is 1.65. The molecular formula is C12H20S. The lowest BCUT2D eigenvalue weighted by Gasteiger charge is -2.54. The fourth-order valence-corrected chi connectivity index (χ4v) is 6.66. The number of hydrogen-bond donors (Lipinski definition) is 0. The molecule has 2 aliphatic carbocycles. The van der Waals surface area contributed by atoms with E-state index in [0.29, 0.717) is 0 Å². The molecule has 6 rings (SSSR count). The van der Waals surface area contributed by atoms with Crippen molar-refractivity contribution in [2.75, 3.05) is 0 Å². The molecule has 4 aliphatic heterocycles. The highest BCUT2D eigenvalue weighted by molar-refractivity contribution is 8.00. The van der Waals surface area contributed by atoms with Crippen molar-refractivity contribution in [2.24, 2.45) is 35.5 Å². The van der Waals surface area contributed by atoms with Crippen molar-refractivity contribution in [3.8, 4) is 0 Å². The molecule has 6 aliphatic rings. The van der Waals surface area contributed by atoms with Crippen LogP contribution in [0.15, 0.2) is 0 Å². The van der Waals surface area contributed by atoms with Crippen LogP contribution in [-0.2, 0) is 0 Å². The Balaban J connectivity index is 1.94. The number of hydrogen-bond acceptors (Lipinski definition) is 1. The van der Waals surface area contributed by atoms with Gasteiger partial charge < -0.3 is 0 Å². The summed E-state index contributed by atoms with van der Waals surface area (Å²) in [5, 5.41) is 2.01. The Bertz CT molecular complexity index is 193. The summed E-state index contributed by atoms with van der Waals surface area (Å²) in [4.78, 5) is 0. The molecule has 6 fully saturated rings. The maximum atomic E-state index is 2.49. The van der Waals surface area contributed by atoms with E-state index >= 15 is 0 Å². The van der Waals surface area contributed by atoms with Crippen LogP contribution in [0.1, 0.15) is 27.7 Å². The van der Waals surface area contributed by atoms with Gasteiger partial charge in [0.1, 0.15) is 0 Å². The maximum Gasteiger partial charge on any atom is 0.0107 e. The van der Waals surface area contributed by atoms with Gasteiger partial charge in [-0.25, -0.2) is 0 Å². The van der Waals surface area contributed by atoms with Crippen LogP contribution in [0.25, 0.3) is 0 Å². The summed E-state index contributed by atoms with van der Waals surface area (Å²) in [5.74, 6) is 6.21. The standard InChI is InChI=1S/C12H20S/c1-5-9-6(2)11(5)13-12-7(3)10(9)8(12)4/h5-12H,1-4H3. The minimum atomic E-state index is 1.01. The van der Waals surface area contributed by atoms with Gasteiger partial charge in [0.05, 0.1) is 0 Å². The smallest absolute Gasteiger partial charge is 0.0107 e. The normalized spacial score (nSPS) is 69.2. The summed E-state index contributed by atoms with van der Waals surface area (Å²) in [6.07, 6.45) is 0. The van der Waals surface area contributed by atoms with Crippen LogP contribution in [0.2, 0.25) is 0 Å². The maximum absolute atomic E-state index is 2.49. The third-order valence-electron chi connectivity index (χ3n) is 5.26. The lowest BCUT2D eigenvalue weighted by Crippen LogP contribution is -2.53. The Labute approximate surface area is 85.9 Å². The Morgan fingerprint density at radius 2 is 0.923 bits per heavy atom. The molecule has 1 heteroatoms. The van der Waals surface area contributed by atoms with Crippen molar-refractivity contribution < 1.29 is 0 Å². The van der Waals surface area contributed by atoms with E-state index in [9.17, 15) is 0 Å². The predicted molar refractivity (Wildman–Crippen MR) is 58.8 cm³/mol. The summed E-state index contributed by atoms with van der Waals surface area (Å²) in [6, 6.07) is 0. The summed E-state index contributed by atoms with van der Waals surface area (Å²) in [6.45, 7) is 9.95. The van der Waals surface area contributed by atoms with Crippen molar-refractivity contribution in [2.45, 2.75) is 38.2 Å². The molecule has 0 spiro atoms. The SMILES string of the molecule is CC1C2SC3C(C)C(C3C)C1C2C. The average Bonchev–Trinajstić information content (AvgIpc) is 2.43. The highest BCUT2D eigenvalue weighted by Crippen LogP contribution is 2.67. The van der Waals surface area contributed by atoms with E-state index in [1.165, 1.54) is 0 Å². The zero-order valence-corrected chi connectivity index (χ0v) is 9.84. The van der Waals surface area contributed by atoms with Gasteiger partial charge in [-0.15, -0.1) is 0 Å². The average molecular weight is 196 g/mol. The molecule has 74 valence electrons. The van der Waals surface area contributed by atoms with Crippen molar-refractivity contribution in [3.05, 3.63) is 0 Å². The second kappa shape index (κ2) is 2.48. The zero-order valence-electron chi connectivity index (χ0n) is 9.03. The first-order valence-electron chi connectivity index (χ1n) is 5.78. The van der Waals surface area contributed by atoms with E-state index in [1.807, 2.05) is 0 Å². The van der Waals surface area contributed by atoms with Gasteiger partial charge in [0.2, 0.25) is 0 Å². The van der Waals surface area contributed by atoms with Gasteiger partial charge in [0.15, 0.2) is 0 Å². The molecule has 0 amide bonds. The first-order chi connectivity index (χ1) is 6.13. The summed E-state index contributed by atoms with van der Waals surface area (Å²) >= 11 is 2.33. The molecule has 2 saturated carbocycles. The molecule has 4 bridgehead atoms. The van der Waals surface area contributed by atoms with Crippen LogP contribution in [0.4, 0.5) is 0 Å². The van der Waals surface area contributed by atoms with Gasteiger partial charge in [0.25, 0.3) is 0 Å². The molecule has 0 nitrogen and oxygen atoms in total. The van der Waals surface area contributed by atoms with E-state index < -0.39 is 0 Å². The molecule has 0 aromatic rings. The topological polar surface area (TPSA) is 0 Å². The van der Waals surface area contributed by atoms with Crippen molar-refractivity contribution in [3.63, 3.8) is 0 Å². The summed E-state index contributed by atoms with van der Waals surface area (Å²) in [7, 11) is 0. The lowest BCUT2D eigenvalue weighted by molar-refractivity contribution is -0.0384. The zero-order chi connectivity index (χ0) is 9.33. The van der Waals surface area contributed by atoms with Gasteiger partial charge in [-0.1, -0.05) is 27.7 Å². The van der Waals surface area contributed by atoms with E-state index in [1.54, 1.807) is 0 Å². The second-order valence-corrected chi connectivity index (χ2v) is 7.02. The third kappa shape index (κ3) is 0.813. The van der Waals surface area contributed by atoms with Crippen molar-refractivity contribution in [1.29, 1.82) is 0 Å². The molecule has 0 radical (unpaired) electrons. The molecular weight excluding hydrogens is 176 g/mol. The van der Waals surface area contributed by atoms with E-state index in [2.05, 4.69) is 39.5 Å². The molecule has 0 aromatic heterocycles. The molecule has 0 aromatic carbocycles. The molecule has 4 saturated heterocycles.